The second kappa shape index (κ2) is 6.07. The molecule has 0 fully saturated rings. The number of alkyl halides is 2. The second-order valence-corrected chi connectivity index (χ2v) is 5.73. The van der Waals surface area contributed by atoms with E-state index in [1.54, 1.807) is 0 Å². The highest BCUT2D eigenvalue weighted by Gasteiger charge is 2.20. The molecule has 0 spiro atoms. The third-order valence-corrected chi connectivity index (χ3v) is 3.74. The zero-order valence-corrected chi connectivity index (χ0v) is 10.8. The number of rotatable bonds is 6. The number of hydrogen-bond acceptors (Lipinski definition) is 3. The topological polar surface area (TPSA) is 83.5 Å². The summed E-state index contributed by atoms with van der Waals surface area (Å²) in [5, 5.41) is 8.60. The summed E-state index contributed by atoms with van der Waals surface area (Å²) in [7, 11) is -3.83. The molecule has 0 saturated heterocycles. The van der Waals surface area contributed by atoms with Crippen molar-refractivity contribution in [1.82, 2.24) is 4.72 Å². The number of nitrogens with one attached hydrogen (secondary N) is 1. The number of aliphatic carboxylic acids is 1. The van der Waals surface area contributed by atoms with Crippen LogP contribution in [0.1, 0.15) is 24.5 Å². The molecule has 0 aliphatic carbocycles. The molecule has 0 aliphatic rings. The third kappa shape index (κ3) is 4.92. The molecule has 1 aromatic rings. The Hall–Kier alpha value is -1.54. The number of hydrogen-bond donors (Lipinski definition) is 2. The van der Waals surface area contributed by atoms with E-state index in [-0.39, 0.29) is 5.56 Å². The maximum absolute atomic E-state index is 12.3. The van der Waals surface area contributed by atoms with Gasteiger partial charge in [-0.2, -0.15) is 0 Å². The van der Waals surface area contributed by atoms with Crippen LogP contribution in [0.2, 0.25) is 0 Å². The number of sulfonamides is 1. The molecular formula is C11H13F2NO4S. The zero-order valence-electron chi connectivity index (χ0n) is 10.0. The standard InChI is InChI=1S/C11H13F2NO4S/c1-7(11(15)16)14-19(17,18)6-8-2-4-9(5-3-8)10(12)13/h2-5,7,10,14H,6H2,1H3,(H,15,16). The SMILES string of the molecule is CC(NS(=O)(=O)Cc1ccc(C(F)F)cc1)C(=O)O. The van der Waals surface area contributed by atoms with E-state index < -0.39 is 34.2 Å². The Bertz CT molecular complexity index is 542. The average molecular weight is 293 g/mol. The minimum atomic E-state index is -3.83. The van der Waals surface area contributed by atoms with Crippen molar-refractivity contribution in [3.8, 4) is 0 Å². The lowest BCUT2D eigenvalue weighted by Gasteiger charge is -2.10. The largest absolute Gasteiger partial charge is 0.480 e. The van der Waals surface area contributed by atoms with Gasteiger partial charge in [0.25, 0.3) is 6.43 Å². The van der Waals surface area contributed by atoms with E-state index in [0.717, 1.165) is 12.1 Å². The van der Waals surface area contributed by atoms with Crippen LogP contribution in [0, 0.1) is 0 Å². The summed E-state index contributed by atoms with van der Waals surface area (Å²) in [6.07, 6.45) is -2.61. The number of carboxylic acid groups (broad SMARTS) is 1. The van der Waals surface area contributed by atoms with Crippen LogP contribution in [0.25, 0.3) is 0 Å². The van der Waals surface area contributed by atoms with E-state index in [1.165, 1.54) is 19.1 Å². The van der Waals surface area contributed by atoms with Crippen molar-refractivity contribution in [3.63, 3.8) is 0 Å². The van der Waals surface area contributed by atoms with Crippen molar-refractivity contribution in [2.24, 2.45) is 0 Å². The maximum Gasteiger partial charge on any atom is 0.321 e. The number of carboxylic acids is 1. The smallest absolute Gasteiger partial charge is 0.321 e. The molecule has 2 N–H and O–H groups in total. The highest BCUT2D eigenvalue weighted by Crippen LogP contribution is 2.19. The highest BCUT2D eigenvalue weighted by atomic mass is 32.2. The molecule has 0 heterocycles. The van der Waals surface area contributed by atoms with E-state index in [0.29, 0.717) is 5.56 Å². The molecule has 19 heavy (non-hydrogen) atoms. The van der Waals surface area contributed by atoms with E-state index in [4.69, 9.17) is 5.11 Å². The van der Waals surface area contributed by atoms with Crippen molar-refractivity contribution in [2.75, 3.05) is 0 Å². The first-order chi connectivity index (χ1) is 8.71. The van der Waals surface area contributed by atoms with Crippen LogP contribution in [0.5, 0.6) is 0 Å². The molecule has 5 nitrogen and oxygen atoms in total. The van der Waals surface area contributed by atoms with Gasteiger partial charge >= 0.3 is 5.97 Å². The average Bonchev–Trinajstić information content (AvgIpc) is 2.28. The van der Waals surface area contributed by atoms with Crippen LogP contribution in [-0.2, 0) is 20.6 Å². The van der Waals surface area contributed by atoms with Gasteiger partial charge in [0.2, 0.25) is 10.0 Å². The van der Waals surface area contributed by atoms with Gasteiger partial charge in [0.15, 0.2) is 0 Å². The summed E-state index contributed by atoms with van der Waals surface area (Å²) in [5.41, 5.74) is 0.0995. The van der Waals surface area contributed by atoms with Gasteiger partial charge in [0.05, 0.1) is 5.75 Å². The molecule has 106 valence electrons. The van der Waals surface area contributed by atoms with Gasteiger partial charge in [-0.25, -0.2) is 21.9 Å². The van der Waals surface area contributed by atoms with E-state index in [9.17, 15) is 22.0 Å². The van der Waals surface area contributed by atoms with Crippen molar-refractivity contribution in [3.05, 3.63) is 35.4 Å². The van der Waals surface area contributed by atoms with Crippen LogP contribution < -0.4 is 4.72 Å². The van der Waals surface area contributed by atoms with Crippen LogP contribution in [0.3, 0.4) is 0 Å². The first kappa shape index (κ1) is 15.5. The molecule has 0 aromatic heterocycles. The maximum atomic E-state index is 12.3. The fourth-order valence-electron chi connectivity index (χ4n) is 1.34. The van der Waals surface area contributed by atoms with Gasteiger partial charge in [-0.15, -0.1) is 0 Å². The van der Waals surface area contributed by atoms with Crippen molar-refractivity contribution >= 4 is 16.0 Å². The summed E-state index contributed by atoms with van der Waals surface area (Å²) in [6, 6.07) is 3.57. The third-order valence-electron chi connectivity index (χ3n) is 2.32. The number of benzene rings is 1. The Morgan fingerprint density at radius 2 is 1.84 bits per heavy atom. The first-order valence-electron chi connectivity index (χ1n) is 5.31. The van der Waals surface area contributed by atoms with Gasteiger partial charge in [-0.1, -0.05) is 24.3 Å². The fraction of sp³-hybridized carbons (Fsp3) is 0.364. The number of carbonyl (C=O) groups is 1. The molecule has 0 aliphatic heterocycles. The lowest BCUT2D eigenvalue weighted by molar-refractivity contribution is -0.138. The van der Waals surface area contributed by atoms with Gasteiger partial charge in [0, 0.05) is 5.56 Å². The summed E-state index contributed by atoms with van der Waals surface area (Å²) in [4.78, 5) is 10.5. The zero-order chi connectivity index (χ0) is 14.6. The second-order valence-electron chi connectivity index (χ2n) is 3.98. The molecular weight excluding hydrogens is 280 g/mol. The van der Waals surface area contributed by atoms with Gasteiger partial charge in [-0.05, 0) is 12.5 Å². The van der Waals surface area contributed by atoms with Crippen LogP contribution in [0.4, 0.5) is 8.78 Å². The Balaban J connectivity index is 2.75. The molecule has 1 unspecified atom stereocenters. The van der Waals surface area contributed by atoms with Gasteiger partial charge in [0.1, 0.15) is 6.04 Å². The van der Waals surface area contributed by atoms with Crippen molar-refractivity contribution < 1.29 is 27.1 Å². The molecule has 1 aromatic carbocycles. The van der Waals surface area contributed by atoms with Crippen molar-refractivity contribution in [2.45, 2.75) is 25.1 Å². The minimum Gasteiger partial charge on any atom is -0.480 e. The molecule has 1 atom stereocenters. The van der Waals surface area contributed by atoms with Crippen molar-refractivity contribution in [1.29, 1.82) is 0 Å². The summed E-state index contributed by atoms with van der Waals surface area (Å²) >= 11 is 0. The predicted molar refractivity (Wildman–Crippen MR) is 64.3 cm³/mol. The monoisotopic (exact) mass is 293 g/mol. The molecule has 0 bridgehead atoms. The Kier molecular flexibility index (Phi) is 4.96. The molecule has 8 heteroatoms. The predicted octanol–water partition coefficient (Wildman–Crippen LogP) is 1.52. The van der Waals surface area contributed by atoms with E-state index >= 15 is 0 Å². The normalized spacial score (nSPS) is 13.5. The van der Waals surface area contributed by atoms with E-state index in [1.807, 2.05) is 4.72 Å². The first-order valence-corrected chi connectivity index (χ1v) is 6.96. The number of halogens is 2. The lowest BCUT2D eigenvalue weighted by Crippen LogP contribution is -2.38. The van der Waals surface area contributed by atoms with Crippen LogP contribution in [0.15, 0.2) is 24.3 Å². The molecule has 0 saturated carbocycles. The van der Waals surface area contributed by atoms with E-state index in [2.05, 4.69) is 0 Å². The fourth-order valence-corrected chi connectivity index (χ4v) is 2.69. The summed E-state index contributed by atoms with van der Waals surface area (Å²) in [5.74, 6) is -1.76. The van der Waals surface area contributed by atoms with Crippen LogP contribution in [-0.4, -0.2) is 25.5 Å². The Morgan fingerprint density at radius 3 is 2.26 bits per heavy atom. The molecule has 0 amide bonds. The summed E-state index contributed by atoms with van der Waals surface area (Å²) < 4.78 is 49.8. The highest BCUT2D eigenvalue weighted by molar-refractivity contribution is 7.88. The van der Waals surface area contributed by atoms with Gasteiger partial charge < -0.3 is 5.11 Å². The minimum absolute atomic E-state index is 0.201. The Labute approximate surface area is 109 Å². The quantitative estimate of drug-likeness (QED) is 0.833. The summed E-state index contributed by atoms with van der Waals surface area (Å²) in [6.45, 7) is 1.19. The molecule has 1 rings (SSSR count). The van der Waals surface area contributed by atoms with Gasteiger partial charge in [-0.3, -0.25) is 4.79 Å². The van der Waals surface area contributed by atoms with Crippen LogP contribution >= 0.6 is 0 Å². The Morgan fingerprint density at radius 1 is 1.32 bits per heavy atom. The lowest BCUT2D eigenvalue weighted by atomic mass is 10.2. The molecule has 0 radical (unpaired) electrons.